The van der Waals surface area contributed by atoms with Gasteiger partial charge in [-0.1, -0.05) is 91.0 Å². The summed E-state index contributed by atoms with van der Waals surface area (Å²) in [5.74, 6) is 1.18. The molecule has 3 aromatic heterocycles. The Morgan fingerprint density at radius 2 is 0.860 bits per heavy atom. The summed E-state index contributed by atoms with van der Waals surface area (Å²) in [5, 5.41) is 6.46. The van der Waals surface area contributed by atoms with Crippen LogP contribution in [0.2, 0.25) is 0 Å². The fraction of sp³-hybridized carbons (Fsp3) is 0. The van der Waals surface area contributed by atoms with E-state index in [-0.39, 0.29) is 0 Å². The molecule has 6 nitrogen and oxygen atoms in total. The standard InChI is InChI=1S/C44H24N4O2/c1-2-10-25(11-3-1)41-42(46-34-13-5-4-12-33(34)45-41)32-24-26-18-19-30(43-47-35-14-6-8-16-37(35)49-43)27-20-21-28-31(23-22-29(32)40(28)39(26)27)44-48-36-15-7-9-17-38(36)50-44/h1-24H. The minimum Gasteiger partial charge on any atom is -0.436 e. The molecule has 0 unspecified atom stereocenters. The van der Waals surface area contributed by atoms with Crippen LogP contribution in [0.4, 0.5) is 0 Å². The van der Waals surface area contributed by atoms with E-state index in [1.807, 2.05) is 91.0 Å². The summed E-state index contributed by atoms with van der Waals surface area (Å²) in [7, 11) is 0. The SMILES string of the molecule is c1ccc(-c2nc3ccccc3nc2-c2cc3ccc(-c4nc5ccccc5o4)c4ccc5c(-c6nc7ccccc7o6)ccc2c5c34)cc1. The van der Waals surface area contributed by atoms with Gasteiger partial charge in [-0.2, -0.15) is 0 Å². The average Bonchev–Trinajstić information content (AvgIpc) is 3.81. The van der Waals surface area contributed by atoms with E-state index in [2.05, 4.69) is 54.6 Å². The van der Waals surface area contributed by atoms with Crippen LogP contribution in [0, 0.1) is 0 Å². The van der Waals surface area contributed by atoms with Crippen LogP contribution in [0.1, 0.15) is 0 Å². The minimum atomic E-state index is 0.584. The van der Waals surface area contributed by atoms with Crippen molar-refractivity contribution >= 4 is 65.6 Å². The molecule has 0 aliphatic rings. The fourth-order valence-corrected chi connectivity index (χ4v) is 7.42. The Labute approximate surface area is 284 Å². The Hall–Kier alpha value is -6.92. The highest BCUT2D eigenvalue weighted by atomic mass is 16.4. The van der Waals surface area contributed by atoms with E-state index < -0.39 is 0 Å². The molecule has 3 heterocycles. The molecule has 6 heteroatoms. The largest absolute Gasteiger partial charge is 0.436 e. The highest BCUT2D eigenvalue weighted by Crippen LogP contribution is 2.47. The molecule has 11 rings (SSSR count). The number of rotatable bonds is 4. The van der Waals surface area contributed by atoms with Crippen molar-refractivity contribution in [3.63, 3.8) is 0 Å². The summed E-state index contributed by atoms with van der Waals surface area (Å²) in [6.45, 7) is 0. The second-order valence-corrected chi connectivity index (χ2v) is 12.6. The molecule has 0 amide bonds. The molecule has 0 saturated carbocycles. The molecule has 232 valence electrons. The van der Waals surface area contributed by atoms with Crippen LogP contribution >= 0.6 is 0 Å². The Balaban J connectivity index is 1.26. The molecular formula is C44H24N4O2. The highest BCUT2D eigenvalue weighted by molar-refractivity contribution is 6.30. The highest BCUT2D eigenvalue weighted by Gasteiger charge is 2.23. The van der Waals surface area contributed by atoms with Crippen molar-refractivity contribution in [3.05, 3.63) is 146 Å². The zero-order chi connectivity index (χ0) is 32.8. The van der Waals surface area contributed by atoms with E-state index in [9.17, 15) is 0 Å². The Bertz CT molecular complexity index is 3040. The maximum atomic E-state index is 6.35. The number of hydrogen-bond donors (Lipinski definition) is 0. The quantitative estimate of drug-likeness (QED) is 0.178. The molecule has 0 spiro atoms. The number of nitrogens with zero attached hydrogens (tertiary/aromatic N) is 4. The lowest BCUT2D eigenvalue weighted by molar-refractivity contribution is 0.620. The predicted molar refractivity (Wildman–Crippen MR) is 200 cm³/mol. The molecule has 0 aliphatic carbocycles. The lowest BCUT2D eigenvalue weighted by atomic mass is 9.86. The summed E-state index contributed by atoms with van der Waals surface area (Å²) >= 11 is 0. The van der Waals surface area contributed by atoms with Crippen LogP contribution < -0.4 is 0 Å². The van der Waals surface area contributed by atoms with E-state index in [1.54, 1.807) is 0 Å². The van der Waals surface area contributed by atoms with Crippen molar-refractivity contribution in [2.75, 3.05) is 0 Å². The van der Waals surface area contributed by atoms with Crippen molar-refractivity contribution in [2.24, 2.45) is 0 Å². The van der Waals surface area contributed by atoms with Gasteiger partial charge in [0.1, 0.15) is 11.0 Å². The molecule has 0 bridgehead atoms. The Morgan fingerprint density at radius 1 is 0.360 bits per heavy atom. The van der Waals surface area contributed by atoms with E-state index >= 15 is 0 Å². The number of para-hydroxylation sites is 6. The average molecular weight is 641 g/mol. The third-order valence-electron chi connectivity index (χ3n) is 9.70. The minimum absolute atomic E-state index is 0.584. The summed E-state index contributed by atoms with van der Waals surface area (Å²) < 4.78 is 12.7. The summed E-state index contributed by atoms with van der Waals surface area (Å²) in [5.41, 5.74) is 10.4. The third kappa shape index (κ3) is 3.96. The van der Waals surface area contributed by atoms with Gasteiger partial charge in [-0.15, -0.1) is 0 Å². The van der Waals surface area contributed by atoms with Gasteiger partial charge < -0.3 is 8.83 Å². The topological polar surface area (TPSA) is 77.8 Å². The molecule has 0 atom stereocenters. The molecule has 11 aromatic rings. The van der Waals surface area contributed by atoms with Crippen molar-refractivity contribution in [1.82, 2.24) is 19.9 Å². The van der Waals surface area contributed by atoms with Crippen molar-refractivity contribution in [1.29, 1.82) is 0 Å². The van der Waals surface area contributed by atoms with Crippen LogP contribution in [-0.2, 0) is 0 Å². The smallest absolute Gasteiger partial charge is 0.227 e. The fourth-order valence-electron chi connectivity index (χ4n) is 7.42. The second kappa shape index (κ2) is 10.3. The van der Waals surface area contributed by atoms with E-state index in [0.29, 0.717) is 11.8 Å². The molecule has 8 aromatic carbocycles. The molecule has 0 fully saturated rings. The molecule has 0 saturated heterocycles. The normalized spacial score (nSPS) is 12.0. The number of benzene rings is 8. The van der Waals surface area contributed by atoms with Gasteiger partial charge in [-0.05, 0) is 86.9 Å². The first kappa shape index (κ1) is 27.1. The third-order valence-corrected chi connectivity index (χ3v) is 9.70. The van der Waals surface area contributed by atoms with Gasteiger partial charge in [0.15, 0.2) is 11.2 Å². The van der Waals surface area contributed by atoms with Crippen LogP contribution in [-0.4, -0.2) is 19.9 Å². The van der Waals surface area contributed by atoms with Crippen LogP contribution in [0.5, 0.6) is 0 Å². The molecule has 0 N–H and O–H groups in total. The van der Waals surface area contributed by atoms with Crippen LogP contribution in [0.3, 0.4) is 0 Å². The molecule has 0 aliphatic heterocycles. The lowest BCUT2D eigenvalue weighted by Gasteiger charge is -2.19. The lowest BCUT2D eigenvalue weighted by Crippen LogP contribution is -1.98. The predicted octanol–water partition coefficient (Wildman–Crippen LogP) is 11.5. The van der Waals surface area contributed by atoms with E-state index in [4.69, 9.17) is 28.8 Å². The number of aromatic nitrogens is 4. The van der Waals surface area contributed by atoms with Crippen LogP contribution in [0.15, 0.2) is 154 Å². The Morgan fingerprint density at radius 3 is 1.50 bits per heavy atom. The molecule has 0 radical (unpaired) electrons. The maximum Gasteiger partial charge on any atom is 0.227 e. The zero-order valence-electron chi connectivity index (χ0n) is 26.5. The monoisotopic (exact) mass is 640 g/mol. The van der Waals surface area contributed by atoms with Crippen molar-refractivity contribution < 1.29 is 8.83 Å². The van der Waals surface area contributed by atoms with Gasteiger partial charge in [0, 0.05) is 22.3 Å². The Kier molecular flexibility index (Phi) is 5.57. The zero-order valence-corrected chi connectivity index (χ0v) is 26.5. The van der Waals surface area contributed by atoms with Gasteiger partial charge >= 0.3 is 0 Å². The summed E-state index contributed by atoms with van der Waals surface area (Å²) in [6, 6.07) is 49.3. The first-order valence-electron chi connectivity index (χ1n) is 16.6. The summed E-state index contributed by atoms with van der Waals surface area (Å²) in [4.78, 5) is 20.3. The maximum absolute atomic E-state index is 6.35. The van der Waals surface area contributed by atoms with E-state index in [1.165, 1.54) is 0 Å². The first-order valence-corrected chi connectivity index (χ1v) is 16.6. The summed E-state index contributed by atoms with van der Waals surface area (Å²) in [6.07, 6.45) is 0. The van der Waals surface area contributed by atoms with Gasteiger partial charge in [0.2, 0.25) is 11.8 Å². The van der Waals surface area contributed by atoms with Gasteiger partial charge in [-0.25, -0.2) is 19.9 Å². The van der Waals surface area contributed by atoms with E-state index in [0.717, 1.165) is 99.2 Å². The number of fused-ring (bicyclic) bond motifs is 3. The van der Waals surface area contributed by atoms with Gasteiger partial charge in [0.25, 0.3) is 0 Å². The van der Waals surface area contributed by atoms with Gasteiger partial charge in [-0.3, -0.25) is 0 Å². The van der Waals surface area contributed by atoms with Gasteiger partial charge in [0.05, 0.1) is 22.4 Å². The first-order chi connectivity index (χ1) is 24.8. The number of hydrogen-bond acceptors (Lipinski definition) is 6. The second-order valence-electron chi connectivity index (χ2n) is 12.6. The number of oxazole rings is 2. The van der Waals surface area contributed by atoms with Crippen molar-refractivity contribution in [3.8, 4) is 45.4 Å². The molecular weight excluding hydrogens is 617 g/mol. The van der Waals surface area contributed by atoms with Crippen molar-refractivity contribution in [2.45, 2.75) is 0 Å². The molecule has 50 heavy (non-hydrogen) atoms. The van der Waals surface area contributed by atoms with Crippen LogP contribution in [0.25, 0.3) is 111 Å².